The second-order valence-corrected chi connectivity index (χ2v) is 4.30. The van der Waals surface area contributed by atoms with Gasteiger partial charge in [-0.15, -0.1) is 0 Å². The lowest BCUT2D eigenvalue weighted by molar-refractivity contribution is -0.142. The first-order valence-electron chi connectivity index (χ1n) is 6.54. The molecule has 1 rings (SSSR count). The van der Waals surface area contributed by atoms with E-state index in [0.29, 0.717) is 12.0 Å². The second-order valence-electron chi connectivity index (χ2n) is 4.30. The molecule has 1 aromatic heterocycles. The molecule has 1 N–H and O–H groups in total. The number of hydrogen-bond acceptors (Lipinski definition) is 6. The molecule has 1 aromatic rings. The molecule has 0 amide bonds. The van der Waals surface area contributed by atoms with E-state index in [1.807, 2.05) is 6.92 Å². The molecule has 20 heavy (non-hydrogen) atoms. The van der Waals surface area contributed by atoms with Crippen molar-refractivity contribution < 1.29 is 19.4 Å². The maximum Gasteiger partial charge on any atom is 0.302 e. The van der Waals surface area contributed by atoms with Gasteiger partial charge in [0.15, 0.2) is 0 Å². The molecule has 0 unspecified atom stereocenters. The minimum absolute atomic E-state index is 0.00645. The van der Waals surface area contributed by atoms with E-state index < -0.39 is 0 Å². The first-order chi connectivity index (χ1) is 9.56. The Hall–Kier alpha value is -1.89. The summed E-state index contributed by atoms with van der Waals surface area (Å²) in [6, 6.07) is 0. The lowest BCUT2D eigenvalue weighted by Gasteiger charge is -2.09. The zero-order chi connectivity index (χ0) is 15.0. The predicted octanol–water partition coefficient (Wildman–Crippen LogP) is 0.829. The summed E-state index contributed by atoms with van der Waals surface area (Å²) >= 11 is 0. The fourth-order valence-corrected chi connectivity index (χ4v) is 1.60. The number of rotatable bonds is 8. The normalized spacial score (nSPS) is 10.5. The molecule has 7 nitrogen and oxygen atoms in total. The average molecular weight is 284 g/mol. The molecule has 0 aliphatic heterocycles. The SMILES string of the molecule is CCCCc1c(O)ncn(COCCOC(C)=O)c1=O. The third-order valence-corrected chi connectivity index (χ3v) is 2.65. The van der Waals surface area contributed by atoms with Crippen LogP contribution in [0, 0.1) is 0 Å². The lowest BCUT2D eigenvalue weighted by Crippen LogP contribution is -2.26. The first kappa shape index (κ1) is 16.2. The van der Waals surface area contributed by atoms with E-state index in [-0.39, 0.29) is 37.4 Å². The fraction of sp³-hybridized carbons (Fsp3) is 0.615. The van der Waals surface area contributed by atoms with E-state index in [0.717, 1.165) is 12.8 Å². The molecule has 7 heteroatoms. The Morgan fingerprint density at radius 1 is 1.45 bits per heavy atom. The van der Waals surface area contributed by atoms with E-state index in [1.54, 1.807) is 0 Å². The van der Waals surface area contributed by atoms with Crippen molar-refractivity contribution in [3.63, 3.8) is 0 Å². The van der Waals surface area contributed by atoms with Gasteiger partial charge < -0.3 is 14.6 Å². The highest BCUT2D eigenvalue weighted by atomic mass is 16.6. The summed E-state index contributed by atoms with van der Waals surface area (Å²) < 4.78 is 11.2. The van der Waals surface area contributed by atoms with Crippen molar-refractivity contribution in [1.29, 1.82) is 0 Å². The van der Waals surface area contributed by atoms with Crippen LogP contribution in [0.3, 0.4) is 0 Å². The highest BCUT2D eigenvalue weighted by molar-refractivity contribution is 5.65. The van der Waals surface area contributed by atoms with Crippen LogP contribution < -0.4 is 5.56 Å². The quantitative estimate of drug-likeness (QED) is 0.561. The summed E-state index contributed by atoms with van der Waals surface area (Å²) in [7, 11) is 0. The van der Waals surface area contributed by atoms with Crippen LogP contribution in [0.5, 0.6) is 5.88 Å². The van der Waals surface area contributed by atoms with Gasteiger partial charge in [-0.25, -0.2) is 4.98 Å². The summed E-state index contributed by atoms with van der Waals surface area (Å²) in [5, 5.41) is 9.59. The Kier molecular flexibility index (Phi) is 6.72. The Morgan fingerprint density at radius 3 is 2.85 bits per heavy atom. The lowest BCUT2D eigenvalue weighted by atomic mass is 10.1. The first-order valence-corrected chi connectivity index (χ1v) is 6.54. The standard InChI is InChI=1S/C13H20N2O5/c1-3-4-5-11-12(17)14-8-15(13(11)18)9-19-6-7-20-10(2)16/h8,17H,3-7,9H2,1-2H3. The average Bonchev–Trinajstić information content (AvgIpc) is 2.40. The van der Waals surface area contributed by atoms with Crippen molar-refractivity contribution >= 4 is 5.97 Å². The van der Waals surface area contributed by atoms with Gasteiger partial charge in [0.1, 0.15) is 19.7 Å². The number of nitrogens with zero attached hydrogens (tertiary/aromatic N) is 2. The van der Waals surface area contributed by atoms with Crippen LogP contribution in [-0.2, 0) is 27.4 Å². The van der Waals surface area contributed by atoms with E-state index >= 15 is 0 Å². The summed E-state index contributed by atoms with van der Waals surface area (Å²) in [5.74, 6) is -0.599. The van der Waals surface area contributed by atoms with E-state index in [2.05, 4.69) is 4.98 Å². The fourth-order valence-electron chi connectivity index (χ4n) is 1.60. The predicted molar refractivity (Wildman–Crippen MR) is 71.4 cm³/mol. The Morgan fingerprint density at radius 2 is 2.20 bits per heavy atom. The second kappa shape index (κ2) is 8.31. The largest absolute Gasteiger partial charge is 0.493 e. The molecule has 0 atom stereocenters. The van der Waals surface area contributed by atoms with Crippen molar-refractivity contribution in [2.45, 2.75) is 39.8 Å². The van der Waals surface area contributed by atoms with Crippen molar-refractivity contribution in [2.24, 2.45) is 0 Å². The van der Waals surface area contributed by atoms with Gasteiger partial charge >= 0.3 is 5.97 Å². The minimum Gasteiger partial charge on any atom is -0.493 e. The van der Waals surface area contributed by atoms with Crippen molar-refractivity contribution in [3.05, 3.63) is 22.2 Å². The van der Waals surface area contributed by atoms with Gasteiger partial charge in [0.2, 0.25) is 5.88 Å². The molecule has 0 saturated heterocycles. The van der Waals surface area contributed by atoms with Crippen LogP contribution in [-0.4, -0.2) is 33.8 Å². The van der Waals surface area contributed by atoms with Gasteiger partial charge in [0.05, 0.1) is 12.2 Å². The van der Waals surface area contributed by atoms with E-state index in [4.69, 9.17) is 9.47 Å². The zero-order valence-electron chi connectivity index (χ0n) is 11.8. The van der Waals surface area contributed by atoms with E-state index in [1.165, 1.54) is 17.8 Å². The molecule has 0 radical (unpaired) electrons. The number of carbonyl (C=O) groups excluding carboxylic acids is 1. The van der Waals surface area contributed by atoms with Crippen molar-refractivity contribution in [1.82, 2.24) is 9.55 Å². The van der Waals surface area contributed by atoms with E-state index in [9.17, 15) is 14.7 Å². The Labute approximate surface area is 117 Å². The Bertz CT molecular complexity index is 498. The third-order valence-electron chi connectivity index (χ3n) is 2.65. The van der Waals surface area contributed by atoms with Crippen LogP contribution in [0.4, 0.5) is 0 Å². The number of hydrogen-bond donors (Lipinski definition) is 1. The van der Waals surface area contributed by atoms with Crippen LogP contribution in [0.15, 0.2) is 11.1 Å². The van der Waals surface area contributed by atoms with Gasteiger partial charge in [-0.1, -0.05) is 13.3 Å². The highest BCUT2D eigenvalue weighted by Crippen LogP contribution is 2.10. The molecule has 0 saturated carbocycles. The van der Waals surface area contributed by atoms with Crippen LogP contribution in [0.25, 0.3) is 0 Å². The summed E-state index contributed by atoms with van der Waals surface area (Å²) in [4.78, 5) is 26.4. The highest BCUT2D eigenvalue weighted by Gasteiger charge is 2.10. The van der Waals surface area contributed by atoms with Gasteiger partial charge in [0.25, 0.3) is 5.56 Å². The molecule has 112 valence electrons. The number of carbonyl (C=O) groups is 1. The summed E-state index contributed by atoms with van der Waals surface area (Å²) in [6.07, 6.45) is 3.45. The monoisotopic (exact) mass is 284 g/mol. The molecular weight excluding hydrogens is 264 g/mol. The maximum absolute atomic E-state index is 12.1. The van der Waals surface area contributed by atoms with Gasteiger partial charge in [-0.2, -0.15) is 0 Å². The minimum atomic E-state index is -0.376. The van der Waals surface area contributed by atoms with Gasteiger partial charge in [-0.3, -0.25) is 14.2 Å². The molecule has 0 fully saturated rings. The molecule has 0 spiro atoms. The summed E-state index contributed by atoms with van der Waals surface area (Å²) in [6.45, 7) is 3.65. The topological polar surface area (TPSA) is 90.7 Å². The molecule has 0 bridgehead atoms. The van der Waals surface area contributed by atoms with Gasteiger partial charge in [0, 0.05) is 6.92 Å². The number of aromatic hydroxyl groups is 1. The summed E-state index contributed by atoms with van der Waals surface area (Å²) in [5.41, 5.74) is -0.00336. The molecular formula is C13H20N2O5. The van der Waals surface area contributed by atoms with Crippen molar-refractivity contribution in [3.8, 4) is 5.88 Å². The van der Waals surface area contributed by atoms with Crippen LogP contribution >= 0.6 is 0 Å². The smallest absolute Gasteiger partial charge is 0.302 e. The van der Waals surface area contributed by atoms with Crippen LogP contribution in [0.2, 0.25) is 0 Å². The number of aromatic nitrogens is 2. The number of esters is 1. The van der Waals surface area contributed by atoms with Gasteiger partial charge in [-0.05, 0) is 12.8 Å². The van der Waals surface area contributed by atoms with Crippen LogP contribution in [0.1, 0.15) is 32.3 Å². The zero-order valence-corrected chi connectivity index (χ0v) is 11.8. The number of ether oxygens (including phenoxy) is 2. The molecule has 1 heterocycles. The third kappa shape index (κ3) is 5.00. The van der Waals surface area contributed by atoms with Crippen molar-refractivity contribution in [2.75, 3.05) is 13.2 Å². The number of unbranched alkanes of at least 4 members (excludes halogenated alkanes) is 1. The maximum atomic E-state index is 12.1. The molecule has 0 aromatic carbocycles. The Balaban J connectivity index is 2.58. The molecule has 0 aliphatic rings. The molecule has 0 aliphatic carbocycles.